The maximum Gasteiger partial charge on any atom is 0.296 e. The Bertz CT molecular complexity index is 426. The summed E-state index contributed by atoms with van der Waals surface area (Å²) in [4.78, 5) is 10.6. The van der Waals surface area contributed by atoms with Crippen LogP contribution in [0.25, 0.3) is 0 Å². The van der Waals surface area contributed by atoms with Crippen molar-refractivity contribution < 1.29 is 14.8 Å². The van der Waals surface area contributed by atoms with Crippen molar-refractivity contribution in [2.24, 2.45) is 0 Å². The molecule has 7 heteroatoms. The molecule has 1 rings (SSSR count). The number of rotatable bonds is 7. The quantitative estimate of drug-likeness (QED) is 0.457. The van der Waals surface area contributed by atoms with E-state index in [0.717, 1.165) is 0 Å². The summed E-state index contributed by atoms with van der Waals surface area (Å²) in [5.74, 6) is 0. The zero-order valence-electron chi connectivity index (χ0n) is 9.98. The molecule has 2 N–H and O–H groups in total. The first-order valence-corrected chi connectivity index (χ1v) is 6.23. The van der Waals surface area contributed by atoms with Gasteiger partial charge in [0.05, 0.1) is 24.7 Å². The van der Waals surface area contributed by atoms with Crippen molar-refractivity contribution in [2.75, 3.05) is 31.7 Å². The Morgan fingerprint density at radius 1 is 1.50 bits per heavy atom. The third-order valence-corrected chi connectivity index (χ3v) is 3.20. The first-order valence-electron chi connectivity index (χ1n) is 5.44. The van der Waals surface area contributed by atoms with Gasteiger partial charge in [-0.3, -0.25) is 10.1 Å². The van der Waals surface area contributed by atoms with Crippen molar-refractivity contribution in [3.05, 3.63) is 32.3 Å². The molecule has 1 aromatic carbocycles. The molecule has 18 heavy (non-hydrogen) atoms. The fraction of sp³-hybridized carbons (Fsp3) is 0.455. The topological polar surface area (TPSA) is 84.6 Å². The summed E-state index contributed by atoms with van der Waals surface area (Å²) in [7, 11) is 0. The fourth-order valence-corrected chi connectivity index (χ4v) is 1.80. The summed E-state index contributed by atoms with van der Waals surface area (Å²) in [6.45, 7) is 2.76. The summed E-state index contributed by atoms with van der Waals surface area (Å²) in [6, 6.07) is 3.42. The molecule has 0 atom stereocenters. The van der Waals surface area contributed by atoms with Crippen molar-refractivity contribution in [2.45, 2.75) is 6.92 Å². The Morgan fingerprint density at radius 3 is 2.83 bits per heavy atom. The molecular formula is C11H15BrN2O4. The molecule has 0 aromatic heterocycles. The highest BCUT2D eigenvalue weighted by atomic mass is 79.9. The summed E-state index contributed by atoms with van der Waals surface area (Å²) in [6.07, 6.45) is 0. The molecule has 0 aliphatic heterocycles. The lowest BCUT2D eigenvalue weighted by atomic mass is 10.1. The van der Waals surface area contributed by atoms with Crippen LogP contribution in [0.1, 0.15) is 5.56 Å². The van der Waals surface area contributed by atoms with E-state index in [-0.39, 0.29) is 18.9 Å². The predicted molar refractivity (Wildman–Crippen MR) is 71.9 cm³/mol. The largest absolute Gasteiger partial charge is 0.394 e. The molecule has 0 saturated heterocycles. The normalized spacial score (nSPS) is 10.4. The molecule has 0 radical (unpaired) electrons. The summed E-state index contributed by atoms with van der Waals surface area (Å²) < 4.78 is 5.77. The van der Waals surface area contributed by atoms with E-state index in [9.17, 15) is 10.1 Å². The SMILES string of the molecule is Cc1c(Br)ccc(NCCOCCO)c1[N+](=O)[O-]. The van der Waals surface area contributed by atoms with Gasteiger partial charge in [0.25, 0.3) is 5.69 Å². The van der Waals surface area contributed by atoms with Crippen LogP contribution in [0.15, 0.2) is 16.6 Å². The number of nitro groups is 1. The number of nitro benzene ring substituents is 1. The first-order chi connectivity index (χ1) is 8.57. The molecule has 0 amide bonds. The number of hydrogen-bond donors (Lipinski definition) is 2. The van der Waals surface area contributed by atoms with E-state index in [0.29, 0.717) is 28.9 Å². The average Bonchev–Trinajstić information content (AvgIpc) is 2.33. The number of benzene rings is 1. The number of ether oxygens (including phenoxy) is 1. The maximum atomic E-state index is 11.0. The molecule has 0 spiro atoms. The first kappa shape index (κ1) is 14.9. The van der Waals surface area contributed by atoms with Crippen molar-refractivity contribution in [1.29, 1.82) is 0 Å². The van der Waals surface area contributed by atoms with Gasteiger partial charge in [0.15, 0.2) is 0 Å². The lowest BCUT2D eigenvalue weighted by molar-refractivity contribution is -0.384. The average molecular weight is 319 g/mol. The smallest absolute Gasteiger partial charge is 0.296 e. The van der Waals surface area contributed by atoms with Crippen LogP contribution in [0.2, 0.25) is 0 Å². The number of aliphatic hydroxyl groups excluding tert-OH is 1. The molecule has 100 valence electrons. The van der Waals surface area contributed by atoms with Gasteiger partial charge in [-0.05, 0) is 19.1 Å². The second kappa shape index (κ2) is 7.30. The van der Waals surface area contributed by atoms with Gasteiger partial charge in [-0.25, -0.2) is 0 Å². The Balaban J connectivity index is 2.70. The van der Waals surface area contributed by atoms with E-state index in [1.54, 1.807) is 19.1 Å². The molecule has 6 nitrogen and oxygen atoms in total. The minimum Gasteiger partial charge on any atom is -0.394 e. The summed E-state index contributed by atoms with van der Waals surface area (Å²) in [5, 5.41) is 22.5. The van der Waals surface area contributed by atoms with Crippen molar-refractivity contribution >= 4 is 27.3 Å². The van der Waals surface area contributed by atoms with Crippen molar-refractivity contribution in [3.8, 4) is 0 Å². The molecular weight excluding hydrogens is 304 g/mol. The Hall–Kier alpha value is -1.18. The molecule has 0 saturated carbocycles. The van der Waals surface area contributed by atoms with Crippen LogP contribution >= 0.6 is 15.9 Å². The predicted octanol–water partition coefficient (Wildman–Crippen LogP) is 2.09. The Morgan fingerprint density at radius 2 is 2.22 bits per heavy atom. The van der Waals surface area contributed by atoms with Crippen LogP contribution in [-0.2, 0) is 4.74 Å². The van der Waals surface area contributed by atoms with Crippen molar-refractivity contribution in [1.82, 2.24) is 0 Å². The zero-order valence-corrected chi connectivity index (χ0v) is 11.6. The van der Waals surface area contributed by atoms with Gasteiger partial charge in [0.2, 0.25) is 0 Å². The van der Waals surface area contributed by atoms with Gasteiger partial charge < -0.3 is 15.2 Å². The standard InChI is InChI=1S/C11H15BrN2O4/c1-8-9(12)2-3-10(11(8)14(16)17)13-4-6-18-7-5-15/h2-3,13,15H,4-7H2,1H3. The van der Waals surface area contributed by atoms with E-state index in [1.807, 2.05) is 0 Å². The highest BCUT2D eigenvalue weighted by molar-refractivity contribution is 9.10. The zero-order chi connectivity index (χ0) is 13.5. The van der Waals surface area contributed by atoms with Gasteiger partial charge in [0.1, 0.15) is 5.69 Å². The minimum absolute atomic E-state index is 0.0302. The van der Waals surface area contributed by atoms with E-state index in [2.05, 4.69) is 21.2 Å². The van der Waals surface area contributed by atoms with Crippen LogP contribution in [0.5, 0.6) is 0 Å². The molecule has 0 aliphatic rings. The van der Waals surface area contributed by atoms with Crippen LogP contribution in [0.4, 0.5) is 11.4 Å². The van der Waals surface area contributed by atoms with E-state index >= 15 is 0 Å². The van der Waals surface area contributed by atoms with Gasteiger partial charge >= 0.3 is 0 Å². The molecule has 0 fully saturated rings. The lowest BCUT2D eigenvalue weighted by Gasteiger charge is -2.09. The number of aliphatic hydroxyl groups is 1. The van der Waals surface area contributed by atoms with E-state index in [1.165, 1.54) is 0 Å². The van der Waals surface area contributed by atoms with Gasteiger partial charge in [-0.2, -0.15) is 0 Å². The Labute approximate surface area is 113 Å². The molecule has 0 unspecified atom stereocenters. The summed E-state index contributed by atoms with van der Waals surface area (Å²) in [5.41, 5.74) is 1.11. The number of nitrogens with one attached hydrogen (secondary N) is 1. The molecule has 0 aliphatic carbocycles. The highest BCUT2D eigenvalue weighted by Crippen LogP contribution is 2.33. The van der Waals surface area contributed by atoms with Crippen molar-refractivity contribution in [3.63, 3.8) is 0 Å². The number of halogens is 1. The maximum absolute atomic E-state index is 11.0. The van der Waals surface area contributed by atoms with Gasteiger partial charge in [-0.15, -0.1) is 0 Å². The molecule has 1 aromatic rings. The van der Waals surface area contributed by atoms with E-state index in [4.69, 9.17) is 9.84 Å². The number of nitrogens with zero attached hydrogens (tertiary/aromatic N) is 1. The van der Waals surface area contributed by atoms with Crippen LogP contribution < -0.4 is 5.32 Å². The minimum atomic E-state index is -0.406. The Kier molecular flexibility index (Phi) is 6.03. The number of hydrogen-bond acceptors (Lipinski definition) is 5. The molecule has 0 heterocycles. The number of anilines is 1. The van der Waals surface area contributed by atoms with Crippen LogP contribution in [-0.4, -0.2) is 36.4 Å². The second-order valence-electron chi connectivity index (χ2n) is 3.59. The second-order valence-corrected chi connectivity index (χ2v) is 4.44. The monoisotopic (exact) mass is 318 g/mol. The van der Waals surface area contributed by atoms with Crippen LogP contribution in [0, 0.1) is 17.0 Å². The third kappa shape index (κ3) is 3.94. The molecule has 0 bridgehead atoms. The lowest BCUT2D eigenvalue weighted by Crippen LogP contribution is -2.12. The van der Waals surface area contributed by atoms with E-state index < -0.39 is 4.92 Å². The summed E-state index contributed by atoms with van der Waals surface area (Å²) >= 11 is 3.27. The van der Waals surface area contributed by atoms with Gasteiger partial charge in [0, 0.05) is 16.6 Å². The third-order valence-electron chi connectivity index (χ3n) is 2.34. The fourth-order valence-electron chi connectivity index (χ4n) is 1.48. The van der Waals surface area contributed by atoms with Crippen LogP contribution in [0.3, 0.4) is 0 Å². The highest BCUT2D eigenvalue weighted by Gasteiger charge is 2.18. The van der Waals surface area contributed by atoms with Gasteiger partial charge in [-0.1, -0.05) is 15.9 Å².